The van der Waals surface area contributed by atoms with Gasteiger partial charge in [0.15, 0.2) is 5.65 Å². The number of anilines is 2. The fourth-order valence-electron chi connectivity index (χ4n) is 2.81. The van der Waals surface area contributed by atoms with E-state index in [1.165, 1.54) is 6.33 Å². The molecular formula is C18H15N9. The van der Waals surface area contributed by atoms with Gasteiger partial charge in [-0.2, -0.15) is 10.4 Å². The van der Waals surface area contributed by atoms with E-state index in [4.69, 9.17) is 5.73 Å². The van der Waals surface area contributed by atoms with E-state index in [0.29, 0.717) is 18.8 Å². The Hall–Kier alpha value is -4.06. The standard InChI is InChI=1S/C18H15N9/c19-10-12-17(20)23-11-24-18(12)22-9-6-14-16(13-4-1-2-7-21-13)27-15(26-14)5-3-8-25-27/h1-5,7-8,11H,6,9H2,(H3,20,22,23,24). The van der Waals surface area contributed by atoms with Crippen LogP contribution in [0.15, 0.2) is 49.1 Å². The minimum absolute atomic E-state index is 0.154. The predicted octanol–water partition coefficient (Wildman–Crippen LogP) is 1.69. The Morgan fingerprint density at radius 3 is 2.85 bits per heavy atom. The highest BCUT2D eigenvalue weighted by atomic mass is 15.3. The van der Waals surface area contributed by atoms with Gasteiger partial charge in [0.1, 0.15) is 35.3 Å². The van der Waals surface area contributed by atoms with E-state index in [2.05, 4.69) is 30.4 Å². The van der Waals surface area contributed by atoms with Crippen molar-refractivity contribution in [2.24, 2.45) is 0 Å². The van der Waals surface area contributed by atoms with Crippen LogP contribution in [0.5, 0.6) is 0 Å². The second kappa shape index (κ2) is 7.05. The van der Waals surface area contributed by atoms with Crippen molar-refractivity contribution in [2.75, 3.05) is 17.6 Å². The molecule has 132 valence electrons. The second-order valence-electron chi connectivity index (χ2n) is 5.69. The molecule has 0 saturated carbocycles. The van der Waals surface area contributed by atoms with Gasteiger partial charge in [0.05, 0.1) is 11.4 Å². The van der Waals surface area contributed by atoms with Crippen LogP contribution in [0.3, 0.4) is 0 Å². The van der Waals surface area contributed by atoms with Crippen LogP contribution in [0.25, 0.3) is 17.0 Å². The molecule has 4 rings (SSSR count). The number of fused-ring (bicyclic) bond motifs is 1. The number of rotatable bonds is 5. The number of nitrogens with zero attached hydrogens (tertiary/aromatic N) is 7. The molecule has 0 aliphatic heterocycles. The lowest BCUT2D eigenvalue weighted by molar-refractivity contribution is 0.926. The Balaban J connectivity index is 1.64. The van der Waals surface area contributed by atoms with Crippen LogP contribution >= 0.6 is 0 Å². The fourth-order valence-corrected chi connectivity index (χ4v) is 2.81. The summed E-state index contributed by atoms with van der Waals surface area (Å²) in [5, 5.41) is 16.8. The highest BCUT2D eigenvalue weighted by molar-refractivity contribution is 5.64. The number of nitrogen functional groups attached to an aromatic ring is 1. The number of nitrogens with one attached hydrogen (secondary N) is 1. The van der Waals surface area contributed by atoms with Crippen molar-refractivity contribution < 1.29 is 0 Å². The van der Waals surface area contributed by atoms with Crippen molar-refractivity contribution in [2.45, 2.75) is 6.42 Å². The Morgan fingerprint density at radius 2 is 2.04 bits per heavy atom. The summed E-state index contributed by atoms with van der Waals surface area (Å²) in [5.74, 6) is 0.562. The molecule has 0 spiro atoms. The lowest BCUT2D eigenvalue weighted by Crippen LogP contribution is -2.10. The summed E-state index contributed by atoms with van der Waals surface area (Å²) in [7, 11) is 0. The summed E-state index contributed by atoms with van der Waals surface area (Å²) in [4.78, 5) is 17.0. The first-order chi connectivity index (χ1) is 13.3. The molecule has 0 atom stereocenters. The molecular weight excluding hydrogens is 342 g/mol. The van der Waals surface area contributed by atoms with Gasteiger partial charge in [0.25, 0.3) is 0 Å². The number of hydrogen-bond donors (Lipinski definition) is 2. The van der Waals surface area contributed by atoms with Gasteiger partial charge < -0.3 is 11.1 Å². The van der Waals surface area contributed by atoms with Crippen molar-refractivity contribution in [1.29, 1.82) is 5.26 Å². The molecule has 0 radical (unpaired) electrons. The highest BCUT2D eigenvalue weighted by Crippen LogP contribution is 2.23. The van der Waals surface area contributed by atoms with Gasteiger partial charge in [-0.05, 0) is 24.3 Å². The number of aromatic nitrogens is 6. The van der Waals surface area contributed by atoms with E-state index in [9.17, 15) is 5.26 Å². The maximum Gasteiger partial charge on any atom is 0.154 e. The summed E-state index contributed by atoms with van der Waals surface area (Å²) in [6, 6.07) is 11.5. The molecule has 0 aliphatic carbocycles. The second-order valence-corrected chi connectivity index (χ2v) is 5.69. The zero-order valence-electron chi connectivity index (χ0n) is 14.2. The topological polar surface area (TPSA) is 131 Å². The van der Waals surface area contributed by atoms with Crippen molar-refractivity contribution in [1.82, 2.24) is 29.5 Å². The number of nitrogens with two attached hydrogens (primary N) is 1. The summed E-state index contributed by atoms with van der Waals surface area (Å²) >= 11 is 0. The fraction of sp³-hybridized carbons (Fsp3) is 0.111. The third-order valence-corrected chi connectivity index (χ3v) is 4.02. The first-order valence-corrected chi connectivity index (χ1v) is 8.26. The van der Waals surface area contributed by atoms with Crippen molar-refractivity contribution in [3.05, 3.63) is 60.3 Å². The number of pyridine rings is 1. The molecule has 0 aliphatic rings. The average Bonchev–Trinajstić information content (AvgIpc) is 3.07. The van der Waals surface area contributed by atoms with Crippen LogP contribution < -0.4 is 11.1 Å². The Labute approximate surface area is 154 Å². The van der Waals surface area contributed by atoms with E-state index < -0.39 is 0 Å². The molecule has 9 nitrogen and oxygen atoms in total. The molecule has 4 heterocycles. The molecule has 3 N–H and O–H groups in total. The van der Waals surface area contributed by atoms with E-state index in [1.54, 1.807) is 16.9 Å². The quantitative estimate of drug-likeness (QED) is 0.552. The van der Waals surface area contributed by atoms with Crippen molar-refractivity contribution in [3.63, 3.8) is 0 Å². The molecule has 0 bridgehead atoms. The Kier molecular flexibility index (Phi) is 4.29. The average molecular weight is 357 g/mol. The normalized spacial score (nSPS) is 10.6. The monoisotopic (exact) mass is 357 g/mol. The summed E-state index contributed by atoms with van der Waals surface area (Å²) in [6.07, 6.45) is 5.37. The molecule has 0 aromatic carbocycles. The van der Waals surface area contributed by atoms with Crippen LogP contribution in [0.2, 0.25) is 0 Å². The van der Waals surface area contributed by atoms with Crippen LogP contribution in [-0.2, 0) is 6.42 Å². The summed E-state index contributed by atoms with van der Waals surface area (Å²) in [5.41, 5.74) is 9.19. The molecule has 9 heteroatoms. The van der Waals surface area contributed by atoms with Gasteiger partial charge >= 0.3 is 0 Å². The summed E-state index contributed by atoms with van der Waals surface area (Å²) in [6.45, 7) is 0.509. The van der Waals surface area contributed by atoms with Crippen LogP contribution in [0.4, 0.5) is 11.6 Å². The maximum atomic E-state index is 9.22. The van der Waals surface area contributed by atoms with E-state index in [1.807, 2.05) is 36.4 Å². The zero-order valence-corrected chi connectivity index (χ0v) is 14.2. The van der Waals surface area contributed by atoms with Gasteiger partial charge in [0.2, 0.25) is 0 Å². The molecule has 4 aromatic heterocycles. The highest BCUT2D eigenvalue weighted by Gasteiger charge is 2.16. The van der Waals surface area contributed by atoms with E-state index >= 15 is 0 Å². The lowest BCUT2D eigenvalue weighted by Gasteiger charge is -2.08. The maximum absolute atomic E-state index is 9.22. The smallest absolute Gasteiger partial charge is 0.154 e. The first-order valence-electron chi connectivity index (χ1n) is 8.26. The van der Waals surface area contributed by atoms with Crippen LogP contribution in [0.1, 0.15) is 11.3 Å². The molecule has 0 amide bonds. The van der Waals surface area contributed by atoms with E-state index in [-0.39, 0.29) is 11.4 Å². The minimum Gasteiger partial charge on any atom is -0.382 e. The molecule has 0 unspecified atom stereocenters. The molecule has 27 heavy (non-hydrogen) atoms. The van der Waals surface area contributed by atoms with Gasteiger partial charge in [0, 0.05) is 25.4 Å². The molecule has 0 saturated heterocycles. The third-order valence-electron chi connectivity index (χ3n) is 4.02. The van der Waals surface area contributed by atoms with Gasteiger partial charge in [-0.25, -0.2) is 19.5 Å². The lowest BCUT2D eigenvalue weighted by atomic mass is 10.2. The number of hydrogen-bond acceptors (Lipinski definition) is 8. The van der Waals surface area contributed by atoms with Crippen molar-refractivity contribution >= 4 is 17.3 Å². The van der Waals surface area contributed by atoms with Gasteiger partial charge in [-0.15, -0.1) is 0 Å². The summed E-state index contributed by atoms with van der Waals surface area (Å²) < 4.78 is 1.78. The molecule has 4 aromatic rings. The first kappa shape index (κ1) is 16.4. The van der Waals surface area contributed by atoms with Gasteiger partial charge in [-0.3, -0.25) is 4.98 Å². The Morgan fingerprint density at radius 1 is 1.11 bits per heavy atom. The van der Waals surface area contributed by atoms with Crippen LogP contribution in [-0.4, -0.2) is 36.1 Å². The third kappa shape index (κ3) is 3.11. The Bertz CT molecular complexity index is 1130. The number of nitriles is 1. The SMILES string of the molecule is N#Cc1c(N)ncnc1NCCc1nc2cccnn2c1-c1ccccn1. The van der Waals surface area contributed by atoms with E-state index in [0.717, 1.165) is 22.7 Å². The minimum atomic E-state index is 0.154. The van der Waals surface area contributed by atoms with Gasteiger partial charge in [-0.1, -0.05) is 6.07 Å². The molecule has 0 fully saturated rings. The van der Waals surface area contributed by atoms with Crippen molar-refractivity contribution in [3.8, 4) is 17.5 Å². The number of imidazole rings is 1. The predicted molar refractivity (Wildman–Crippen MR) is 99.6 cm³/mol. The van der Waals surface area contributed by atoms with Crippen LogP contribution in [0, 0.1) is 11.3 Å². The zero-order chi connectivity index (χ0) is 18.6. The largest absolute Gasteiger partial charge is 0.382 e.